The van der Waals surface area contributed by atoms with Crippen molar-refractivity contribution in [3.05, 3.63) is 47.1 Å². The highest BCUT2D eigenvalue weighted by Gasteiger charge is 2.05. The van der Waals surface area contributed by atoms with Crippen molar-refractivity contribution >= 4 is 11.0 Å². The summed E-state index contributed by atoms with van der Waals surface area (Å²) in [6.45, 7) is 0. The van der Waals surface area contributed by atoms with Gasteiger partial charge in [0.25, 0.3) is 5.56 Å². The van der Waals surface area contributed by atoms with Gasteiger partial charge < -0.3 is 9.72 Å². The molecule has 0 atom stereocenters. The van der Waals surface area contributed by atoms with Gasteiger partial charge in [0.2, 0.25) is 5.88 Å². The van der Waals surface area contributed by atoms with Gasteiger partial charge >= 0.3 is 0 Å². The first kappa shape index (κ1) is 11.3. The number of fused-ring (bicyclic) bond motifs is 1. The highest BCUT2D eigenvalue weighted by atomic mass is 16.5. The number of nitrogens with zero attached hydrogens (tertiary/aromatic N) is 3. The highest BCUT2D eigenvalue weighted by Crippen LogP contribution is 2.19. The summed E-state index contributed by atoms with van der Waals surface area (Å²) in [5.41, 5.74) is 2.10. The molecule has 0 radical (unpaired) electrons. The quantitative estimate of drug-likeness (QED) is 0.747. The highest BCUT2D eigenvalue weighted by molar-refractivity contribution is 5.76. The standard InChI is InChI=1S/C13H10N4O2/c1-19-11-5-2-8(6-14-11)9-3-4-10-12(17-9)13(18)16-7-15-10/h2-7H,1H3,(H,15,16,18). The smallest absolute Gasteiger partial charge is 0.277 e. The maximum atomic E-state index is 11.7. The van der Waals surface area contributed by atoms with Gasteiger partial charge in [-0.25, -0.2) is 15.0 Å². The van der Waals surface area contributed by atoms with Crippen molar-refractivity contribution in [1.29, 1.82) is 0 Å². The Labute approximate surface area is 108 Å². The summed E-state index contributed by atoms with van der Waals surface area (Å²) in [7, 11) is 1.56. The van der Waals surface area contributed by atoms with Gasteiger partial charge in [0.1, 0.15) is 0 Å². The maximum Gasteiger partial charge on any atom is 0.277 e. The van der Waals surface area contributed by atoms with Crippen LogP contribution in [0.2, 0.25) is 0 Å². The van der Waals surface area contributed by atoms with Crippen molar-refractivity contribution in [3.8, 4) is 17.1 Å². The van der Waals surface area contributed by atoms with Gasteiger partial charge in [0.05, 0.1) is 24.6 Å². The molecule has 0 aliphatic rings. The fourth-order valence-electron chi connectivity index (χ4n) is 1.77. The van der Waals surface area contributed by atoms with Crippen LogP contribution in [0.1, 0.15) is 0 Å². The Morgan fingerprint density at radius 2 is 2.05 bits per heavy atom. The molecule has 3 heterocycles. The summed E-state index contributed by atoms with van der Waals surface area (Å²) in [5, 5.41) is 0. The molecular formula is C13H10N4O2. The first-order valence-electron chi connectivity index (χ1n) is 5.63. The van der Waals surface area contributed by atoms with E-state index in [0.717, 1.165) is 5.56 Å². The lowest BCUT2D eigenvalue weighted by molar-refractivity contribution is 0.398. The molecule has 3 rings (SSSR count). The van der Waals surface area contributed by atoms with Crippen LogP contribution in [0.25, 0.3) is 22.3 Å². The summed E-state index contributed by atoms with van der Waals surface area (Å²) in [6.07, 6.45) is 3.01. The van der Waals surface area contributed by atoms with E-state index in [0.29, 0.717) is 22.6 Å². The lowest BCUT2D eigenvalue weighted by atomic mass is 10.2. The zero-order chi connectivity index (χ0) is 13.2. The molecule has 94 valence electrons. The van der Waals surface area contributed by atoms with Crippen LogP contribution >= 0.6 is 0 Å². The summed E-state index contributed by atoms with van der Waals surface area (Å²) < 4.78 is 5.00. The van der Waals surface area contributed by atoms with Crippen LogP contribution in [0.4, 0.5) is 0 Å². The Morgan fingerprint density at radius 3 is 2.79 bits per heavy atom. The van der Waals surface area contributed by atoms with E-state index in [9.17, 15) is 4.79 Å². The molecule has 0 aliphatic heterocycles. The largest absolute Gasteiger partial charge is 0.481 e. The SMILES string of the molecule is COc1ccc(-c2ccc3nc[nH]c(=O)c3n2)cn1. The first-order valence-corrected chi connectivity index (χ1v) is 5.63. The van der Waals surface area contributed by atoms with Crippen LogP contribution in [-0.2, 0) is 0 Å². The minimum atomic E-state index is -0.256. The van der Waals surface area contributed by atoms with Gasteiger partial charge in [-0.05, 0) is 18.2 Å². The Balaban J connectivity index is 2.14. The van der Waals surface area contributed by atoms with Crippen molar-refractivity contribution < 1.29 is 4.74 Å². The van der Waals surface area contributed by atoms with Gasteiger partial charge in [-0.15, -0.1) is 0 Å². The predicted molar refractivity (Wildman–Crippen MR) is 69.9 cm³/mol. The monoisotopic (exact) mass is 254 g/mol. The van der Waals surface area contributed by atoms with Crippen LogP contribution in [0.3, 0.4) is 0 Å². The van der Waals surface area contributed by atoms with Crippen molar-refractivity contribution in [1.82, 2.24) is 19.9 Å². The van der Waals surface area contributed by atoms with Crippen LogP contribution in [0.5, 0.6) is 5.88 Å². The van der Waals surface area contributed by atoms with Crippen molar-refractivity contribution in [2.45, 2.75) is 0 Å². The molecule has 0 saturated heterocycles. The number of pyridine rings is 2. The molecule has 0 spiro atoms. The molecule has 0 fully saturated rings. The van der Waals surface area contributed by atoms with E-state index in [4.69, 9.17) is 4.74 Å². The number of hydrogen-bond acceptors (Lipinski definition) is 5. The van der Waals surface area contributed by atoms with Crippen molar-refractivity contribution in [2.24, 2.45) is 0 Å². The topological polar surface area (TPSA) is 80.8 Å². The number of H-pyrrole nitrogens is 1. The van der Waals surface area contributed by atoms with Crippen LogP contribution in [0.15, 0.2) is 41.6 Å². The van der Waals surface area contributed by atoms with E-state index in [-0.39, 0.29) is 5.56 Å². The third-order valence-electron chi connectivity index (χ3n) is 2.73. The molecule has 0 amide bonds. The second kappa shape index (κ2) is 4.49. The van der Waals surface area contributed by atoms with Crippen LogP contribution in [0, 0.1) is 0 Å². The molecule has 6 nitrogen and oxygen atoms in total. The van der Waals surface area contributed by atoms with E-state index < -0.39 is 0 Å². The number of hydrogen-bond donors (Lipinski definition) is 1. The minimum Gasteiger partial charge on any atom is -0.481 e. The molecule has 0 aliphatic carbocycles. The third kappa shape index (κ3) is 2.03. The zero-order valence-corrected chi connectivity index (χ0v) is 10.1. The van der Waals surface area contributed by atoms with E-state index in [1.807, 2.05) is 6.07 Å². The van der Waals surface area contributed by atoms with Gasteiger partial charge in [0, 0.05) is 17.8 Å². The third-order valence-corrected chi connectivity index (χ3v) is 2.73. The number of aromatic amines is 1. The second-order valence-corrected chi connectivity index (χ2v) is 3.89. The number of methoxy groups -OCH3 is 1. The van der Waals surface area contributed by atoms with E-state index in [1.165, 1.54) is 6.33 Å². The minimum absolute atomic E-state index is 0.256. The summed E-state index contributed by atoms with van der Waals surface area (Å²) in [4.78, 5) is 26.7. The average molecular weight is 254 g/mol. The summed E-state index contributed by atoms with van der Waals surface area (Å²) in [5.74, 6) is 0.532. The Kier molecular flexibility index (Phi) is 2.68. The summed E-state index contributed by atoms with van der Waals surface area (Å²) >= 11 is 0. The molecule has 19 heavy (non-hydrogen) atoms. The number of ether oxygens (including phenoxy) is 1. The molecule has 0 aromatic carbocycles. The van der Waals surface area contributed by atoms with E-state index >= 15 is 0 Å². The van der Waals surface area contributed by atoms with Crippen LogP contribution < -0.4 is 10.3 Å². The predicted octanol–water partition coefficient (Wildman–Crippen LogP) is 1.39. The maximum absolute atomic E-state index is 11.7. The zero-order valence-electron chi connectivity index (χ0n) is 10.1. The molecule has 0 unspecified atom stereocenters. The summed E-state index contributed by atoms with van der Waals surface area (Å²) in [6, 6.07) is 7.15. The number of nitrogens with one attached hydrogen (secondary N) is 1. The molecule has 3 aromatic rings. The fraction of sp³-hybridized carbons (Fsp3) is 0.0769. The van der Waals surface area contributed by atoms with E-state index in [2.05, 4.69) is 19.9 Å². The molecule has 3 aromatic heterocycles. The lowest BCUT2D eigenvalue weighted by Gasteiger charge is -2.03. The Morgan fingerprint density at radius 1 is 1.16 bits per heavy atom. The molecule has 0 bridgehead atoms. The molecular weight excluding hydrogens is 244 g/mol. The fourth-order valence-corrected chi connectivity index (χ4v) is 1.77. The van der Waals surface area contributed by atoms with Crippen molar-refractivity contribution in [2.75, 3.05) is 7.11 Å². The number of rotatable bonds is 2. The van der Waals surface area contributed by atoms with Gasteiger partial charge in [0.15, 0.2) is 5.52 Å². The van der Waals surface area contributed by atoms with Gasteiger partial charge in [-0.2, -0.15) is 0 Å². The van der Waals surface area contributed by atoms with Crippen LogP contribution in [-0.4, -0.2) is 27.0 Å². The Bertz CT molecular complexity index is 781. The molecule has 1 N–H and O–H groups in total. The van der Waals surface area contributed by atoms with E-state index in [1.54, 1.807) is 31.5 Å². The normalized spacial score (nSPS) is 10.6. The van der Waals surface area contributed by atoms with Crippen molar-refractivity contribution in [3.63, 3.8) is 0 Å². The second-order valence-electron chi connectivity index (χ2n) is 3.89. The first-order chi connectivity index (χ1) is 9.28. The molecule has 0 saturated carbocycles. The average Bonchev–Trinajstić information content (AvgIpc) is 2.47. The Hall–Kier alpha value is -2.76. The number of aromatic nitrogens is 4. The lowest BCUT2D eigenvalue weighted by Crippen LogP contribution is -2.08. The molecule has 6 heteroatoms. The van der Waals surface area contributed by atoms with Gasteiger partial charge in [-0.3, -0.25) is 4.79 Å². The van der Waals surface area contributed by atoms with Gasteiger partial charge in [-0.1, -0.05) is 0 Å².